The van der Waals surface area contributed by atoms with Gasteiger partial charge in [-0.25, -0.2) is 0 Å². The van der Waals surface area contributed by atoms with Crippen LogP contribution >= 0.6 is 11.3 Å². The number of benzene rings is 2. The molecule has 1 aromatic heterocycles. The molecule has 106 valence electrons. The van der Waals surface area contributed by atoms with E-state index in [9.17, 15) is 5.11 Å². The van der Waals surface area contributed by atoms with Gasteiger partial charge in [-0.1, -0.05) is 41.7 Å². The first-order valence-corrected chi connectivity index (χ1v) is 7.53. The summed E-state index contributed by atoms with van der Waals surface area (Å²) in [6.45, 7) is 0.828. The van der Waals surface area contributed by atoms with Crippen molar-refractivity contribution < 1.29 is 5.11 Å². The summed E-state index contributed by atoms with van der Waals surface area (Å²) in [4.78, 5) is 0. The van der Waals surface area contributed by atoms with Gasteiger partial charge in [0.05, 0.1) is 0 Å². The number of hydrogen-bond acceptors (Lipinski definition) is 5. The van der Waals surface area contributed by atoms with Gasteiger partial charge >= 0.3 is 0 Å². The largest absolute Gasteiger partial charge is 0.508 e. The molecule has 0 aliphatic carbocycles. The molecule has 2 N–H and O–H groups in total. The van der Waals surface area contributed by atoms with E-state index in [1.807, 2.05) is 30.3 Å². The minimum absolute atomic E-state index is 0.254. The molecule has 0 saturated carbocycles. The first-order valence-electron chi connectivity index (χ1n) is 6.72. The van der Waals surface area contributed by atoms with Crippen LogP contribution in [0.15, 0.2) is 54.6 Å². The van der Waals surface area contributed by atoms with Crippen molar-refractivity contribution in [3.63, 3.8) is 0 Å². The van der Waals surface area contributed by atoms with Crippen molar-refractivity contribution in [2.45, 2.75) is 6.42 Å². The number of rotatable bonds is 5. The number of aromatic hydroxyl groups is 1. The molecule has 0 spiro atoms. The highest BCUT2D eigenvalue weighted by molar-refractivity contribution is 7.18. The molecule has 0 aliphatic rings. The molecule has 21 heavy (non-hydrogen) atoms. The molecule has 0 radical (unpaired) electrons. The summed E-state index contributed by atoms with van der Waals surface area (Å²) in [7, 11) is 0. The lowest BCUT2D eigenvalue weighted by Crippen LogP contribution is -2.04. The molecule has 5 heteroatoms. The molecule has 4 nitrogen and oxygen atoms in total. The maximum absolute atomic E-state index is 9.29. The zero-order valence-corrected chi connectivity index (χ0v) is 12.2. The summed E-state index contributed by atoms with van der Waals surface area (Å²) in [6.07, 6.45) is 0.953. The highest BCUT2D eigenvalue weighted by Gasteiger charge is 2.06. The van der Waals surface area contributed by atoms with Crippen LogP contribution in [0.3, 0.4) is 0 Å². The average Bonchev–Trinajstić information content (AvgIpc) is 2.98. The molecule has 0 bridgehead atoms. The van der Waals surface area contributed by atoms with E-state index in [2.05, 4.69) is 27.6 Å². The Morgan fingerprint density at radius 1 is 0.952 bits per heavy atom. The number of hydrogen-bond donors (Lipinski definition) is 2. The second kappa shape index (κ2) is 6.37. The highest BCUT2D eigenvalue weighted by atomic mass is 32.1. The first-order chi connectivity index (χ1) is 10.3. The Kier molecular flexibility index (Phi) is 4.12. The first kappa shape index (κ1) is 13.6. The quantitative estimate of drug-likeness (QED) is 0.756. The van der Waals surface area contributed by atoms with E-state index >= 15 is 0 Å². The third-order valence-electron chi connectivity index (χ3n) is 3.07. The van der Waals surface area contributed by atoms with Crippen molar-refractivity contribution in [2.75, 3.05) is 11.9 Å². The lowest BCUT2D eigenvalue weighted by Gasteiger charge is -2.01. The van der Waals surface area contributed by atoms with E-state index in [1.165, 1.54) is 16.9 Å². The van der Waals surface area contributed by atoms with Crippen LogP contribution < -0.4 is 5.32 Å². The van der Waals surface area contributed by atoms with Crippen molar-refractivity contribution in [1.29, 1.82) is 0 Å². The van der Waals surface area contributed by atoms with Crippen LogP contribution in [0.25, 0.3) is 10.6 Å². The number of phenols is 1. The zero-order chi connectivity index (χ0) is 14.5. The van der Waals surface area contributed by atoms with Crippen LogP contribution in [-0.4, -0.2) is 21.8 Å². The van der Waals surface area contributed by atoms with E-state index in [1.54, 1.807) is 12.1 Å². The smallest absolute Gasteiger partial charge is 0.206 e. The summed E-state index contributed by atoms with van der Waals surface area (Å²) in [5, 5.41) is 22.5. The van der Waals surface area contributed by atoms with E-state index < -0.39 is 0 Å². The maximum atomic E-state index is 9.29. The summed E-state index contributed by atoms with van der Waals surface area (Å²) < 4.78 is 0. The van der Waals surface area contributed by atoms with Gasteiger partial charge in [-0.05, 0) is 36.2 Å². The van der Waals surface area contributed by atoms with Gasteiger partial charge in [0.25, 0.3) is 0 Å². The Labute approximate surface area is 127 Å². The predicted molar refractivity (Wildman–Crippen MR) is 85.6 cm³/mol. The molecule has 0 amide bonds. The van der Waals surface area contributed by atoms with Crippen LogP contribution in [0.1, 0.15) is 5.56 Å². The van der Waals surface area contributed by atoms with Gasteiger partial charge in [0.15, 0.2) is 0 Å². The summed E-state index contributed by atoms with van der Waals surface area (Å²) in [5.41, 5.74) is 2.26. The van der Waals surface area contributed by atoms with Crippen molar-refractivity contribution in [3.8, 4) is 16.3 Å². The molecular weight excluding hydrogens is 282 g/mol. The third kappa shape index (κ3) is 3.58. The predicted octanol–water partition coefficient (Wildman–Crippen LogP) is 3.57. The van der Waals surface area contributed by atoms with E-state index in [4.69, 9.17) is 0 Å². The summed E-state index contributed by atoms with van der Waals surface area (Å²) >= 11 is 1.51. The Bertz CT molecular complexity index is 695. The van der Waals surface area contributed by atoms with E-state index in [-0.39, 0.29) is 5.75 Å². The lowest BCUT2D eigenvalue weighted by molar-refractivity contribution is 0.475. The number of aromatic nitrogens is 2. The van der Waals surface area contributed by atoms with E-state index in [0.717, 1.165) is 28.7 Å². The van der Waals surface area contributed by atoms with Gasteiger partial charge in [0.2, 0.25) is 5.13 Å². The SMILES string of the molecule is Oc1ccc(-c2nnc(NCCc3ccccc3)s2)cc1. The molecule has 0 unspecified atom stereocenters. The van der Waals surface area contributed by atoms with Crippen LogP contribution in [0.5, 0.6) is 5.75 Å². The summed E-state index contributed by atoms with van der Waals surface area (Å²) in [6, 6.07) is 17.3. The van der Waals surface area contributed by atoms with Crippen molar-refractivity contribution in [2.24, 2.45) is 0 Å². The fourth-order valence-electron chi connectivity index (χ4n) is 1.97. The maximum Gasteiger partial charge on any atom is 0.206 e. The molecule has 3 aromatic rings. The minimum atomic E-state index is 0.254. The fourth-order valence-corrected chi connectivity index (χ4v) is 2.75. The molecule has 0 atom stereocenters. The standard InChI is InChI=1S/C16H15N3OS/c20-14-8-6-13(7-9-14)15-18-19-16(21-15)17-11-10-12-4-2-1-3-5-12/h1-9,20H,10-11H2,(H,17,19). The van der Waals surface area contributed by atoms with Gasteiger partial charge < -0.3 is 10.4 Å². The Hall–Kier alpha value is -2.40. The Morgan fingerprint density at radius 2 is 1.71 bits per heavy atom. The molecule has 0 fully saturated rings. The monoisotopic (exact) mass is 297 g/mol. The molecule has 2 aromatic carbocycles. The van der Waals surface area contributed by atoms with Crippen molar-refractivity contribution >= 4 is 16.5 Å². The third-order valence-corrected chi connectivity index (χ3v) is 4.00. The molecule has 0 saturated heterocycles. The Balaban J connectivity index is 1.59. The van der Waals surface area contributed by atoms with Gasteiger partial charge in [-0.3, -0.25) is 0 Å². The van der Waals surface area contributed by atoms with E-state index in [0.29, 0.717) is 0 Å². The second-order valence-electron chi connectivity index (χ2n) is 4.62. The molecule has 3 rings (SSSR count). The van der Waals surface area contributed by atoms with Crippen LogP contribution in [0.4, 0.5) is 5.13 Å². The lowest BCUT2D eigenvalue weighted by atomic mass is 10.2. The Morgan fingerprint density at radius 3 is 2.48 bits per heavy atom. The second-order valence-corrected chi connectivity index (χ2v) is 5.60. The zero-order valence-electron chi connectivity index (χ0n) is 11.4. The van der Waals surface area contributed by atoms with Gasteiger partial charge in [0, 0.05) is 12.1 Å². The average molecular weight is 297 g/mol. The minimum Gasteiger partial charge on any atom is -0.508 e. The number of nitrogens with one attached hydrogen (secondary N) is 1. The number of anilines is 1. The molecule has 1 heterocycles. The van der Waals surface area contributed by atoms with Crippen LogP contribution in [-0.2, 0) is 6.42 Å². The number of phenolic OH excluding ortho intramolecular Hbond substituents is 1. The number of nitrogens with zero attached hydrogens (tertiary/aromatic N) is 2. The topological polar surface area (TPSA) is 58.0 Å². The van der Waals surface area contributed by atoms with Crippen molar-refractivity contribution in [1.82, 2.24) is 10.2 Å². The van der Waals surface area contributed by atoms with Crippen molar-refractivity contribution in [3.05, 3.63) is 60.2 Å². The molecule has 0 aliphatic heterocycles. The van der Waals surface area contributed by atoms with Crippen LogP contribution in [0.2, 0.25) is 0 Å². The van der Waals surface area contributed by atoms with Gasteiger partial charge in [0.1, 0.15) is 10.8 Å². The summed E-state index contributed by atoms with van der Waals surface area (Å²) in [5.74, 6) is 0.254. The highest BCUT2D eigenvalue weighted by Crippen LogP contribution is 2.27. The normalized spacial score (nSPS) is 10.5. The molecular formula is C16H15N3OS. The van der Waals surface area contributed by atoms with Gasteiger partial charge in [-0.15, -0.1) is 10.2 Å². The van der Waals surface area contributed by atoms with Crippen LogP contribution in [0, 0.1) is 0 Å². The fraction of sp³-hybridized carbons (Fsp3) is 0.125. The van der Waals surface area contributed by atoms with Gasteiger partial charge in [-0.2, -0.15) is 0 Å².